The van der Waals surface area contributed by atoms with Gasteiger partial charge in [-0.2, -0.15) is 13.2 Å². The molecule has 7 heteroatoms. The second-order valence-corrected chi connectivity index (χ2v) is 6.54. The Morgan fingerprint density at radius 1 is 0.931 bits per heavy atom. The maximum Gasteiger partial charge on any atom is 0.416 e. The number of furan rings is 1. The molecule has 152 valence electrons. The van der Waals surface area contributed by atoms with Crippen LogP contribution in [-0.4, -0.2) is 5.91 Å². The fraction of sp³-hybridized carbons (Fsp3) is 0.227. The Morgan fingerprint density at radius 2 is 1.69 bits per heavy atom. The summed E-state index contributed by atoms with van der Waals surface area (Å²) < 4.78 is 48.5. The molecule has 0 saturated heterocycles. The van der Waals surface area contributed by atoms with E-state index in [0.29, 0.717) is 25.3 Å². The second-order valence-electron chi connectivity index (χ2n) is 6.54. The standard InChI is InChI=1S/C22H20F3NO3/c23-22(24,25)19-8-6-16(7-9-19)12-21(27)26-13-17-3-1-4-18(11-17)14-28-15-20-5-2-10-29-20/h1-11H,12-15H2,(H,26,27). The number of amides is 1. The van der Waals surface area contributed by atoms with Crippen LogP contribution in [0, 0.1) is 0 Å². The Bertz CT molecular complexity index is 919. The molecule has 29 heavy (non-hydrogen) atoms. The van der Waals surface area contributed by atoms with Gasteiger partial charge in [-0.25, -0.2) is 0 Å². The lowest BCUT2D eigenvalue weighted by Crippen LogP contribution is -2.24. The minimum Gasteiger partial charge on any atom is -0.467 e. The van der Waals surface area contributed by atoms with Gasteiger partial charge in [0.2, 0.25) is 5.91 Å². The molecular weight excluding hydrogens is 383 g/mol. The number of hydrogen-bond acceptors (Lipinski definition) is 3. The molecule has 1 aromatic heterocycles. The number of hydrogen-bond donors (Lipinski definition) is 1. The monoisotopic (exact) mass is 403 g/mol. The predicted octanol–water partition coefficient (Wildman–Crippen LogP) is 4.87. The van der Waals surface area contributed by atoms with Gasteiger partial charge in [0.1, 0.15) is 12.4 Å². The largest absolute Gasteiger partial charge is 0.467 e. The molecule has 0 atom stereocenters. The Hall–Kier alpha value is -3.06. The van der Waals surface area contributed by atoms with Gasteiger partial charge in [0, 0.05) is 6.54 Å². The number of benzene rings is 2. The number of nitrogens with one attached hydrogen (secondary N) is 1. The van der Waals surface area contributed by atoms with Gasteiger partial charge in [-0.15, -0.1) is 0 Å². The van der Waals surface area contributed by atoms with E-state index >= 15 is 0 Å². The lowest BCUT2D eigenvalue weighted by atomic mass is 10.1. The molecule has 0 aliphatic carbocycles. The minimum atomic E-state index is -4.38. The van der Waals surface area contributed by atoms with Crippen molar-refractivity contribution in [1.82, 2.24) is 5.32 Å². The highest BCUT2D eigenvalue weighted by Crippen LogP contribution is 2.29. The van der Waals surface area contributed by atoms with Crippen molar-refractivity contribution >= 4 is 5.91 Å². The Kier molecular flexibility index (Phi) is 6.72. The van der Waals surface area contributed by atoms with Crippen LogP contribution in [0.4, 0.5) is 13.2 Å². The number of ether oxygens (including phenoxy) is 1. The first-order chi connectivity index (χ1) is 13.9. The number of alkyl halides is 3. The van der Waals surface area contributed by atoms with Crippen LogP contribution in [0.5, 0.6) is 0 Å². The van der Waals surface area contributed by atoms with E-state index in [9.17, 15) is 18.0 Å². The normalized spacial score (nSPS) is 11.4. The highest BCUT2D eigenvalue weighted by Gasteiger charge is 2.29. The maximum atomic E-state index is 12.6. The summed E-state index contributed by atoms with van der Waals surface area (Å²) in [4.78, 5) is 12.1. The van der Waals surface area contributed by atoms with Crippen molar-refractivity contribution in [3.8, 4) is 0 Å². The van der Waals surface area contributed by atoms with Crippen LogP contribution in [-0.2, 0) is 41.9 Å². The number of rotatable bonds is 8. The van der Waals surface area contributed by atoms with E-state index in [1.165, 1.54) is 12.1 Å². The number of carbonyl (C=O) groups is 1. The average Bonchev–Trinajstić information content (AvgIpc) is 3.20. The summed E-state index contributed by atoms with van der Waals surface area (Å²) >= 11 is 0. The van der Waals surface area contributed by atoms with E-state index in [2.05, 4.69) is 5.32 Å². The first-order valence-corrected chi connectivity index (χ1v) is 9.01. The molecule has 3 aromatic rings. The van der Waals surface area contributed by atoms with E-state index in [0.717, 1.165) is 29.0 Å². The van der Waals surface area contributed by atoms with Crippen LogP contribution in [0.1, 0.15) is 28.0 Å². The highest BCUT2D eigenvalue weighted by atomic mass is 19.4. The molecule has 4 nitrogen and oxygen atoms in total. The van der Waals surface area contributed by atoms with Crippen molar-refractivity contribution in [2.75, 3.05) is 0 Å². The summed E-state index contributed by atoms with van der Waals surface area (Å²) in [7, 11) is 0. The third kappa shape index (κ3) is 6.50. The molecule has 0 aliphatic heterocycles. The van der Waals surface area contributed by atoms with Gasteiger partial charge in [-0.1, -0.05) is 36.4 Å². The van der Waals surface area contributed by atoms with E-state index in [1.54, 1.807) is 12.3 Å². The molecule has 1 heterocycles. The smallest absolute Gasteiger partial charge is 0.416 e. The van der Waals surface area contributed by atoms with Crippen molar-refractivity contribution in [2.24, 2.45) is 0 Å². The van der Waals surface area contributed by atoms with Gasteiger partial charge >= 0.3 is 6.18 Å². The summed E-state index contributed by atoms with van der Waals surface area (Å²) in [6.07, 6.45) is -2.77. The Balaban J connectivity index is 1.46. The van der Waals surface area contributed by atoms with Crippen molar-refractivity contribution in [2.45, 2.75) is 32.4 Å². The second kappa shape index (κ2) is 9.43. The zero-order chi connectivity index (χ0) is 20.7. The van der Waals surface area contributed by atoms with Crippen LogP contribution in [0.2, 0.25) is 0 Å². The molecule has 3 rings (SSSR count). The van der Waals surface area contributed by atoms with Crippen molar-refractivity contribution < 1.29 is 27.1 Å². The molecule has 1 amide bonds. The van der Waals surface area contributed by atoms with Crippen molar-refractivity contribution in [1.29, 1.82) is 0 Å². The zero-order valence-corrected chi connectivity index (χ0v) is 15.5. The fourth-order valence-corrected chi connectivity index (χ4v) is 2.75. The first kappa shape index (κ1) is 20.7. The molecule has 0 radical (unpaired) electrons. The molecule has 0 fully saturated rings. The maximum absolute atomic E-state index is 12.6. The lowest BCUT2D eigenvalue weighted by molar-refractivity contribution is -0.137. The van der Waals surface area contributed by atoms with Gasteiger partial charge in [0.25, 0.3) is 0 Å². The third-order valence-corrected chi connectivity index (χ3v) is 4.22. The van der Waals surface area contributed by atoms with Crippen LogP contribution in [0.3, 0.4) is 0 Å². The Labute approximate surface area is 166 Å². The molecule has 0 aliphatic rings. The third-order valence-electron chi connectivity index (χ3n) is 4.22. The van der Waals surface area contributed by atoms with Crippen molar-refractivity contribution in [3.63, 3.8) is 0 Å². The summed E-state index contributed by atoms with van der Waals surface area (Å²) in [6.45, 7) is 1.11. The van der Waals surface area contributed by atoms with Crippen LogP contribution < -0.4 is 5.32 Å². The quantitative estimate of drug-likeness (QED) is 0.584. The van der Waals surface area contributed by atoms with Crippen molar-refractivity contribution in [3.05, 3.63) is 94.9 Å². The Morgan fingerprint density at radius 3 is 2.38 bits per heavy atom. The van der Waals surface area contributed by atoms with Crippen LogP contribution in [0.15, 0.2) is 71.3 Å². The number of halogens is 3. The molecule has 2 aromatic carbocycles. The molecule has 0 bridgehead atoms. The van der Waals surface area contributed by atoms with Gasteiger partial charge in [-0.05, 0) is 41.0 Å². The highest BCUT2D eigenvalue weighted by molar-refractivity contribution is 5.78. The predicted molar refractivity (Wildman–Crippen MR) is 101 cm³/mol. The number of carbonyl (C=O) groups excluding carboxylic acids is 1. The van der Waals surface area contributed by atoms with E-state index < -0.39 is 11.7 Å². The molecule has 0 spiro atoms. The summed E-state index contributed by atoms with van der Waals surface area (Å²) in [5.41, 5.74) is 1.67. The zero-order valence-electron chi connectivity index (χ0n) is 15.5. The molecule has 1 N–H and O–H groups in total. The fourth-order valence-electron chi connectivity index (χ4n) is 2.75. The van der Waals surface area contributed by atoms with Crippen LogP contribution in [0.25, 0.3) is 0 Å². The van der Waals surface area contributed by atoms with E-state index in [4.69, 9.17) is 9.15 Å². The van der Waals surface area contributed by atoms with Gasteiger partial charge < -0.3 is 14.5 Å². The lowest BCUT2D eigenvalue weighted by Gasteiger charge is -2.09. The average molecular weight is 403 g/mol. The van der Waals surface area contributed by atoms with E-state index in [1.807, 2.05) is 30.3 Å². The molecule has 0 unspecified atom stereocenters. The van der Waals surface area contributed by atoms with Crippen LogP contribution >= 0.6 is 0 Å². The van der Waals surface area contributed by atoms with Gasteiger partial charge in [0.15, 0.2) is 0 Å². The topological polar surface area (TPSA) is 51.5 Å². The summed E-state index contributed by atoms with van der Waals surface area (Å²) in [5, 5.41) is 2.78. The molecule has 0 saturated carbocycles. The van der Waals surface area contributed by atoms with Gasteiger partial charge in [-0.3, -0.25) is 4.79 Å². The van der Waals surface area contributed by atoms with Gasteiger partial charge in [0.05, 0.1) is 24.9 Å². The summed E-state index contributed by atoms with van der Waals surface area (Å²) in [5.74, 6) is 0.487. The first-order valence-electron chi connectivity index (χ1n) is 9.01. The minimum absolute atomic E-state index is 0.0179. The van der Waals surface area contributed by atoms with E-state index in [-0.39, 0.29) is 12.3 Å². The SMILES string of the molecule is O=C(Cc1ccc(C(F)(F)F)cc1)NCc1cccc(COCc2ccco2)c1. The molecular formula is C22H20F3NO3. The summed E-state index contributed by atoms with van der Waals surface area (Å²) in [6, 6.07) is 15.9.